The maximum atomic E-state index is 11.1. The molecule has 4 N–H and O–H groups in total. The van der Waals surface area contributed by atoms with E-state index in [0.29, 0.717) is 12.0 Å². The Morgan fingerprint density at radius 3 is 2.93 bits per heavy atom. The lowest BCUT2D eigenvalue weighted by Gasteiger charge is -2.17. The molecular formula is C10H11N3O. The van der Waals surface area contributed by atoms with Crippen LogP contribution in [0.3, 0.4) is 0 Å². The molecule has 0 radical (unpaired) electrons. The first kappa shape index (κ1) is 8.74. The number of anilines is 1. The summed E-state index contributed by atoms with van der Waals surface area (Å²) in [6.07, 6.45) is 1.23. The Balaban J connectivity index is 2.41. The summed E-state index contributed by atoms with van der Waals surface area (Å²) in [5.41, 5.74) is 7.97. The van der Waals surface area contributed by atoms with Gasteiger partial charge in [0, 0.05) is 17.7 Å². The highest BCUT2D eigenvalue weighted by atomic mass is 16.1. The van der Waals surface area contributed by atoms with Crippen LogP contribution >= 0.6 is 0 Å². The minimum absolute atomic E-state index is 0.0491. The summed E-state index contributed by atoms with van der Waals surface area (Å²) in [7, 11) is 0. The predicted molar refractivity (Wildman–Crippen MR) is 54.4 cm³/mol. The van der Waals surface area contributed by atoms with Crippen LogP contribution in [0.4, 0.5) is 5.69 Å². The summed E-state index contributed by atoms with van der Waals surface area (Å²) in [5, 5.41) is 10.1. The summed E-state index contributed by atoms with van der Waals surface area (Å²) >= 11 is 0. The minimum atomic E-state index is 0.0491. The summed E-state index contributed by atoms with van der Waals surface area (Å²) < 4.78 is 0. The van der Waals surface area contributed by atoms with E-state index in [2.05, 4.69) is 5.32 Å². The highest BCUT2D eigenvalue weighted by molar-refractivity contribution is 5.98. The van der Waals surface area contributed by atoms with Crippen LogP contribution in [0.25, 0.3) is 0 Å². The molecule has 4 nitrogen and oxygen atoms in total. The Bertz CT molecular complexity index is 412. The Morgan fingerprint density at radius 2 is 2.21 bits per heavy atom. The van der Waals surface area contributed by atoms with Crippen molar-refractivity contribution in [2.75, 3.05) is 5.32 Å². The lowest BCUT2D eigenvalue weighted by Crippen LogP contribution is -2.20. The molecule has 0 atom stereocenters. The molecule has 1 aromatic rings. The molecule has 0 spiro atoms. The Hall–Kier alpha value is -1.84. The van der Waals surface area contributed by atoms with E-state index < -0.39 is 0 Å². The first-order valence-corrected chi connectivity index (χ1v) is 4.44. The highest BCUT2D eigenvalue weighted by Crippen LogP contribution is 2.23. The molecule has 1 aromatic carbocycles. The van der Waals surface area contributed by atoms with Gasteiger partial charge in [0.05, 0.1) is 0 Å². The molecule has 0 saturated heterocycles. The topological polar surface area (TPSA) is 79.0 Å². The molecule has 72 valence electrons. The zero-order valence-electron chi connectivity index (χ0n) is 7.63. The number of nitrogens with one attached hydrogen (secondary N) is 2. The molecule has 1 aliphatic heterocycles. The normalized spacial score (nSPS) is 14.4. The second-order valence-electron chi connectivity index (χ2n) is 3.33. The monoisotopic (exact) mass is 189 g/mol. The van der Waals surface area contributed by atoms with Gasteiger partial charge in [-0.2, -0.15) is 0 Å². The van der Waals surface area contributed by atoms with Crippen molar-refractivity contribution >= 4 is 17.4 Å². The number of hydrogen-bond donors (Lipinski definition) is 3. The van der Waals surface area contributed by atoms with Crippen molar-refractivity contribution in [3.8, 4) is 0 Å². The number of nitrogen functional groups attached to an aromatic ring is 1. The van der Waals surface area contributed by atoms with Crippen molar-refractivity contribution in [2.45, 2.75) is 12.8 Å². The molecular weight excluding hydrogens is 178 g/mol. The second kappa shape index (κ2) is 3.14. The maximum absolute atomic E-state index is 11.1. The Labute approximate surface area is 81.6 Å². The Morgan fingerprint density at radius 1 is 1.43 bits per heavy atom. The zero-order valence-corrected chi connectivity index (χ0v) is 7.63. The number of rotatable bonds is 1. The average Bonchev–Trinajstić information content (AvgIpc) is 2.16. The highest BCUT2D eigenvalue weighted by Gasteiger charge is 2.14. The van der Waals surface area contributed by atoms with Crippen molar-refractivity contribution in [2.24, 2.45) is 5.73 Å². The zero-order chi connectivity index (χ0) is 10.1. The van der Waals surface area contributed by atoms with Gasteiger partial charge < -0.3 is 11.1 Å². The van der Waals surface area contributed by atoms with Gasteiger partial charge in [0.15, 0.2) is 0 Å². The van der Waals surface area contributed by atoms with E-state index >= 15 is 0 Å². The van der Waals surface area contributed by atoms with Crippen LogP contribution in [-0.4, -0.2) is 11.7 Å². The number of benzene rings is 1. The quantitative estimate of drug-likeness (QED) is 0.452. The van der Waals surface area contributed by atoms with E-state index in [0.717, 1.165) is 17.7 Å². The third-order valence-electron chi connectivity index (χ3n) is 2.31. The number of nitrogens with two attached hydrogens (primary N) is 1. The van der Waals surface area contributed by atoms with E-state index in [9.17, 15) is 4.79 Å². The maximum Gasteiger partial charge on any atom is 0.224 e. The fraction of sp³-hybridized carbons (Fsp3) is 0.200. The molecule has 14 heavy (non-hydrogen) atoms. The van der Waals surface area contributed by atoms with Gasteiger partial charge in [-0.3, -0.25) is 10.2 Å². The predicted octanol–water partition coefficient (Wildman–Crippen LogP) is 0.855. The number of carbonyl (C=O) groups is 1. The van der Waals surface area contributed by atoms with Crippen LogP contribution < -0.4 is 11.1 Å². The van der Waals surface area contributed by atoms with Gasteiger partial charge in [-0.05, 0) is 30.2 Å². The molecule has 0 saturated carbocycles. The van der Waals surface area contributed by atoms with E-state index in [1.807, 2.05) is 6.07 Å². The Kier molecular flexibility index (Phi) is 1.96. The van der Waals surface area contributed by atoms with Crippen LogP contribution in [0, 0.1) is 5.41 Å². The van der Waals surface area contributed by atoms with Crippen LogP contribution in [-0.2, 0) is 11.2 Å². The first-order chi connectivity index (χ1) is 6.66. The summed E-state index contributed by atoms with van der Waals surface area (Å²) in [4.78, 5) is 11.1. The third kappa shape index (κ3) is 1.46. The SMILES string of the molecule is N=C(N)c1ccc2c(c1)CCC(=O)N2. The number of hydrogen-bond acceptors (Lipinski definition) is 2. The average molecular weight is 189 g/mol. The number of amidine groups is 1. The lowest BCUT2D eigenvalue weighted by atomic mass is 10.0. The van der Waals surface area contributed by atoms with Crippen molar-refractivity contribution in [1.29, 1.82) is 5.41 Å². The van der Waals surface area contributed by atoms with Crippen molar-refractivity contribution in [3.63, 3.8) is 0 Å². The standard InChI is InChI=1S/C10H11N3O/c11-10(12)7-1-3-8-6(5-7)2-4-9(14)13-8/h1,3,5H,2,4H2,(H3,11,12)(H,13,14). The third-order valence-corrected chi connectivity index (χ3v) is 2.31. The molecule has 1 aliphatic rings. The number of carbonyl (C=O) groups excluding carboxylic acids is 1. The van der Waals surface area contributed by atoms with Gasteiger partial charge in [-0.15, -0.1) is 0 Å². The van der Waals surface area contributed by atoms with E-state index in [1.165, 1.54) is 0 Å². The number of amides is 1. The van der Waals surface area contributed by atoms with Gasteiger partial charge in [0.1, 0.15) is 5.84 Å². The van der Waals surface area contributed by atoms with Crippen LogP contribution in [0.1, 0.15) is 17.5 Å². The van der Waals surface area contributed by atoms with Crippen LogP contribution in [0.5, 0.6) is 0 Å². The summed E-state index contributed by atoms with van der Waals surface area (Å²) in [5.74, 6) is 0.109. The summed E-state index contributed by atoms with van der Waals surface area (Å²) in [6, 6.07) is 5.40. The molecule has 0 aromatic heterocycles. The van der Waals surface area contributed by atoms with Crippen molar-refractivity contribution in [1.82, 2.24) is 0 Å². The first-order valence-electron chi connectivity index (χ1n) is 4.44. The fourth-order valence-corrected chi connectivity index (χ4v) is 1.55. The lowest BCUT2D eigenvalue weighted by molar-refractivity contribution is -0.116. The molecule has 1 amide bonds. The van der Waals surface area contributed by atoms with Gasteiger partial charge in [-0.25, -0.2) is 0 Å². The number of fused-ring (bicyclic) bond motifs is 1. The van der Waals surface area contributed by atoms with Crippen LogP contribution in [0.15, 0.2) is 18.2 Å². The molecule has 2 rings (SSSR count). The van der Waals surface area contributed by atoms with E-state index in [1.54, 1.807) is 12.1 Å². The van der Waals surface area contributed by atoms with Gasteiger partial charge in [0.2, 0.25) is 5.91 Å². The largest absolute Gasteiger partial charge is 0.384 e. The van der Waals surface area contributed by atoms with Crippen molar-refractivity contribution < 1.29 is 4.79 Å². The molecule has 0 aliphatic carbocycles. The summed E-state index contributed by atoms with van der Waals surface area (Å²) in [6.45, 7) is 0. The molecule has 4 heteroatoms. The minimum Gasteiger partial charge on any atom is -0.384 e. The molecule has 0 bridgehead atoms. The molecule has 0 unspecified atom stereocenters. The van der Waals surface area contributed by atoms with E-state index in [-0.39, 0.29) is 11.7 Å². The van der Waals surface area contributed by atoms with Crippen LogP contribution in [0.2, 0.25) is 0 Å². The van der Waals surface area contributed by atoms with Gasteiger partial charge >= 0.3 is 0 Å². The van der Waals surface area contributed by atoms with Crippen molar-refractivity contribution in [3.05, 3.63) is 29.3 Å². The second-order valence-corrected chi connectivity index (χ2v) is 3.33. The smallest absolute Gasteiger partial charge is 0.224 e. The molecule has 1 heterocycles. The van der Waals surface area contributed by atoms with Gasteiger partial charge in [-0.1, -0.05) is 0 Å². The van der Waals surface area contributed by atoms with E-state index in [4.69, 9.17) is 11.1 Å². The van der Waals surface area contributed by atoms with Gasteiger partial charge in [0.25, 0.3) is 0 Å². The number of aryl methyl sites for hydroxylation is 1. The fourth-order valence-electron chi connectivity index (χ4n) is 1.55. The molecule has 0 fully saturated rings.